The molecule has 7 heteroatoms. The fraction of sp³-hybridized carbons (Fsp3) is 0.880. The predicted octanol–water partition coefficient (Wildman–Crippen LogP) is 3.90. The first-order chi connectivity index (χ1) is 14.9. The molecule has 0 radical (unpaired) electrons. The van der Waals surface area contributed by atoms with Crippen LogP contribution in [-0.4, -0.2) is 55.2 Å². The molecule has 3 amide bonds. The summed E-state index contributed by atoms with van der Waals surface area (Å²) in [5, 5.41) is 2.97. The number of imide groups is 1. The van der Waals surface area contributed by atoms with E-state index in [-0.39, 0.29) is 61.2 Å². The number of carbonyl (C=O) groups is 3. The number of hydrogen-bond donors (Lipinski definition) is 1. The molecular formula is C25H44N2O5. The van der Waals surface area contributed by atoms with Gasteiger partial charge in [-0.15, -0.1) is 0 Å². The van der Waals surface area contributed by atoms with Gasteiger partial charge in [0, 0.05) is 13.0 Å². The molecule has 32 heavy (non-hydrogen) atoms. The first-order valence-electron chi connectivity index (χ1n) is 12.3. The average molecular weight is 453 g/mol. The fourth-order valence-corrected chi connectivity index (χ4v) is 4.17. The van der Waals surface area contributed by atoms with Crippen LogP contribution in [0.3, 0.4) is 0 Å². The monoisotopic (exact) mass is 452 g/mol. The number of hydrogen-bond acceptors (Lipinski definition) is 5. The Kier molecular flexibility index (Phi) is 9.70. The molecule has 0 saturated carbocycles. The van der Waals surface area contributed by atoms with Crippen LogP contribution in [0, 0.1) is 22.7 Å². The minimum absolute atomic E-state index is 0.0590. The van der Waals surface area contributed by atoms with Gasteiger partial charge >= 0.3 is 0 Å². The smallest absolute Gasteiger partial charge is 0.233 e. The molecule has 2 fully saturated rings. The van der Waals surface area contributed by atoms with Crippen LogP contribution in [0.5, 0.6) is 0 Å². The molecule has 184 valence electrons. The van der Waals surface area contributed by atoms with Crippen molar-refractivity contribution in [1.82, 2.24) is 10.2 Å². The molecule has 1 atom stereocenters. The lowest BCUT2D eigenvalue weighted by atomic mass is 9.76. The highest BCUT2D eigenvalue weighted by Crippen LogP contribution is 2.38. The van der Waals surface area contributed by atoms with E-state index in [1.807, 2.05) is 20.8 Å². The van der Waals surface area contributed by atoms with Crippen LogP contribution >= 0.6 is 0 Å². The molecule has 2 rings (SSSR count). The normalized spacial score (nSPS) is 24.8. The summed E-state index contributed by atoms with van der Waals surface area (Å²) in [6, 6.07) is 0. The summed E-state index contributed by atoms with van der Waals surface area (Å²) in [5.41, 5.74) is 0.168. The molecule has 0 aromatic heterocycles. The number of likely N-dealkylation sites (tertiary alicyclic amines) is 1. The molecule has 2 aliphatic rings. The van der Waals surface area contributed by atoms with E-state index in [0.717, 1.165) is 19.3 Å². The highest BCUT2D eigenvalue weighted by molar-refractivity contribution is 6.03. The second-order valence-corrected chi connectivity index (χ2v) is 11.3. The first-order valence-corrected chi connectivity index (χ1v) is 12.3. The van der Waals surface area contributed by atoms with Gasteiger partial charge in [-0.1, -0.05) is 67.2 Å². The molecule has 2 heterocycles. The lowest BCUT2D eigenvalue weighted by Gasteiger charge is -2.32. The molecule has 1 N–H and O–H groups in total. The van der Waals surface area contributed by atoms with Crippen molar-refractivity contribution >= 4 is 17.7 Å². The second-order valence-electron chi connectivity index (χ2n) is 11.3. The molecular weight excluding hydrogens is 408 g/mol. The first kappa shape index (κ1) is 26.8. The van der Waals surface area contributed by atoms with E-state index in [2.05, 4.69) is 26.1 Å². The summed E-state index contributed by atoms with van der Waals surface area (Å²) in [6.07, 6.45) is 6.13. The van der Waals surface area contributed by atoms with E-state index in [9.17, 15) is 14.4 Å². The zero-order chi connectivity index (χ0) is 23.9. The number of ether oxygens (including phenoxy) is 2. The molecule has 2 aliphatic heterocycles. The van der Waals surface area contributed by atoms with E-state index >= 15 is 0 Å². The number of rotatable bonds is 11. The van der Waals surface area contributed by atoms with Crippen molar-refractivity contribution in [3.05, 3.63) is 0 Å². The summed E-state index contributed by atoms with van der Waals surface area (Å²) in [7, 11) is 0. The Bertz CT molecular complexity index is 647. The third-order valence-electron chi connectivity index (χ3n) is 6.92. The van der Waals surface area contributed by atoms with Gasteiger partial charge in [-0.3, -0.25) is 19.3 Å². The minimum Gasteiger partial charge on any atom is -0.356 e. The van der Waals surface area contributed by atoms with Crippen molar-refractivity contribution in [1.29, 1.82) is 0 Å². The van der Waals surface area contributed by atoms with Crippen LogP contribution in [0.25, 0.3) is 0 Å². The zero-order valence-electron chi connectivity index (χ0n) is 21.0. The molecule has 0 aromatic rings. The molecule has 0 bridgehead atoms. The summed E-state index contributed by atoms with van der Waals surface area (Å²) < 4.78 is 11.4. The zero-order valence-corrected chi connectivity index (χ0v) is 21.0. The van der Waals surface area contributed by atoms with Crippen molar-refractivity contribution in [2.75, 3.05) is 26.3 Å². The molecule has 0 aliphatic carbocycles. The highest BCUT2D eigenvalue weighted by atomic mass is 16.7. The van der Waals surface area contributed by atoms with Crippen LogP contribution in [0.15, 0.2) is 0 Å². The van der Waals surface area contributed by atoms with E-state index in [1.54, 1.807) is 0 Å². The van der Waals surface area contributed by atoms with Gasteiger partial charge in [0.2, 0.25) is 17.7 Å². The Morgan fingerprint density at radius 2 is 1.66 bits per heavy atom. The maximum atomic E-state index is 12.8. The van der Waals surface area contributed by atoms with E-state index in [1.165, 1.54) is 24.2 Å². The molecule has 2 saturated heterocycles. The Balaban J connectivity index is 1.65. The lowest BCUT2D eigenvalue weighted by Crippen LogP contribution is -2.47. The van der Waals surface area contributed by atoms with Crippen LogP contribution in [0.1, 0.15) is 86.5 Å². The molecule has 0 spiro atoms. The Morgan fingerprint density at radius 3 is 2.25 bits per heavy atom. The third-order valence-corrected chi connectivity index (χ3v) is 6.92. The molecule has 0 aromatic carbocycles. The number of nitrogens with one attached hydrogen (secondary N) is 1. The molecule has 7 nitrogen and oxygen atoms in total. The van der Waals surface area contributed by atoms with Crippen molar-refractivity contribution in [2.45, 2.75) is 92.8 Å². The van der Waals surface area contributed by atoms with E-state index < -0.39 is 6.29 Å². The topological polar surface area (TPSA) is 84.9 Å². The maximum Gasteiger partial charge on any atom is 0.233 e. The average Bonchev–Trinajstić information content (AvgIpc) is 3.01. The second kappa shape index (κ2) is 11.6. The van der Waals surface area contributed by atoms with Crippen LogP contribution in [-0.2, 0) is 23.9 Å². The van der Waals surface area contributed by atoms with Gasteiger partial charge in [-0.2, -0.15) is 0 Å². The van der Waals surface area contributed by atoms with Crippen LogP contribution in [0.2, 0.25) is 0 Å². The Morgan fingerprint density at radius 1 is 1.03 bits per heavy atom. The van der Waals surface area contributed by atoms with Gasteiger partial charge in [0.1, 0.15) is 0 Å². The van der Waals surface area contributed by atoms with Crippen molar-refractivity contribution in [3.63, 3.8) is 0 Å². The summed E-state index contributed by atoms with van der Waals surface area (Å²) in [5.74, 6) is -1.02. The number of nitrogens with zero attached hydrogens (tertiary/aromatic N) is 1. The minimum atomic E-state index is -0.668. The summed E-state index contributed by atoms with van der Waals surface area (Å²) in [4.78, 5) is 38.8. The van der Waals surface area contributed by atoms with Crippen molar-refractivity contribution in [2.24, 2.45) is 22.7 Å². The van der Waals surface area contributed by atoms with Gasteiger partial charge in [0.15, 0.2) is 6.29 Å². The highest BCUT2D eigenvalue weighted by Gasteiger charge is 2.46. The van der Waals surface area contributed by atoms with Crippen molar-refractivity contribution in [3.8, 4) is 0 Å². The largest absolute Gasteiger partial charge is 0.356 e. The summed E-state index contributed by atoms with van der Waals surface area (Å²) in [6.45, 7) is 14.1. The Hall–Kier alpha value is -1.47. The number of unbranched alkanes of at least 4 members (excludes halogenated alkanes) is 3. The SMILES string of the molecule is CCC(C)(C)C1CC(=O)N(CC2OCC(C(=O)NCCCCCCC(C)(C)C)CO2)C1=O. The Labute approximate surface area is 194 Å². The lowest BCUT2D eigenvalue weighted by molar-refractivity contribution is -0.208. The van der Waals surface area contributed by atoms with Crippen LogP contribution in [0.4, 0.5) is 0 Å². The van der Waals surface area contributed by atoms with E-state index in [0.29, 0.717) is 12.0 Å². The van der Waals surface area contributed by atoms with Gasteiger partial charge in [0.25, 0.3) is 0 Å². The summed E-state index contributed by atoms with van der Waals surface area (Å²) >= 11 is 0. The number of amides is 3. The van der Waals surface area contributed by atoms with E-state index in [4.69, 9.17) is 9.47 Å². The van der Waals surface area contributed by atoms with Gasteiger partial charge in [-0.05, 0) is 23.7 Å². The standard InChI is InChI=1S/C25H44N2O5/c1-7-25(5,6)19-14-20(28)27(23(19)30)15-21-31-16-18(17-32-21)22(29)26-13-11-9-8-10-12-24(2,3)4/h18-19,21H,7-17H2,1-6H3,(H,26,29). The third kappa shape index (κ3) is 7.84. The van der Waals surface area contributed by atoms with Crippen LogP contribution < -0.4 is 5.32 Å². The van der Waals surface area contributed by atoms with Gasteiger partial charge in [0.05, 0.1) is 31.6 Å². The predicted molar refractivity (Wildman–Crippen MR) is 124 cm³/mol. The quantitative estimate of drug-likeness (QED) is 0.380. The van der Waals surface area contributed by atoms with Gasteiger partial charge in [-0.25, -0.2) is 0 Å². The maximum absolute atomic E-state index is 12.8. The molecule has 1 unspecified atom stereocenters. The fourth-order valence-electron chi connectivity index (χ4n) is 4.17. The van der Waals surface area contributed by atoms with Gasteiger partial charge < -0.3 is 14.8 Å². The van der Waals surface area contributed by atoms with Crippen molar-refractivity contribution < 1.29 is 23.9 Å². The number of carbonyl (C=O) groups excluding carboxylic acids is 3.